The number of carbonyl (C=O) groups excluding carboxylic acids is 1. The molecular formula is C14H18ClNO4. The zero-order valence-corrected chi connectivity index (χ0v) is 12.1. The van der Waals surface area contributed by atoms with Gasteiger partial charge in [0.15, 0.2) is 0 Å². The Hall–Kier alpha value is -1.75. The summed E-state index contributed by atoms with van der Waals surface area (Å²) in [6.45, 7) is 0.335. The van der Waals surface area contributed by atoms with Gasteiger partial charge >= 0.3 is 5.97 Å². The van der Waals surface area contributed by atoms with Gasteiger partial charge in [-0.05, 0) is 31.0 Å². The van der Waals surface area contributed by atoms with Crippen molar-refractivity contribution in [3.05, 3.63) is 28.8 Å². The van der Waals surface area contributed by atoms with Crippen molar-refractivity contribution in [2.75, 3.05) is 7.11 Å². The molecule has 0 fully saturated rings. The van der Waals surface area contributed by atoms with Crippen LogP contribution in [0.1, 0.15) is 31.2 Å². The van der Waals surface area contributed by atoms with E-state index in [2.05, 4.69) is 5.32 Å². The van der Waals surface area contributed by atoms with Gasteiger partial charge in [-0.3, -0.25) is 9.59 Å². The van der Waals surface area contributed by atoms with Crippen LogP contribution in [0.4, 0.5) is 0 Å². The molecule has 0 atom stereocenters. The zero-order valence-electron chi connectivity index (χ0n) is 11.3. The summed E-state index contributed by atoms with van der Waals surface area (Å²) in [5.74, 6) is -0.285. The summed E-state index contributed by atoms with van der Waals surface area (Å²) in [6, 6.07) is 5.21. The van der Waals surface area contributed by atoms with E-state index in [1.54, 1.807) is 25.3 Å². The molecule has 1 amide bonds. The summed E-state index contributed by atoms with van der Waals surface area (Å²) in [7, 11) is 1.56. The molecule has 0 saturated heterocycles. The van der Waals surface area contributed by atoms with Crippen LogP contribution < -0.4 is 10.1 Å². The van der Waals surface area contributed by atoms with Crippen molar-refractivity contribution in [1.29, 1.82) is 0 Å². The topological polar surface area (TPSA) is 75.6 Å². The number of hydrogen-bond donors (Lipinski definition) is 2. The number of nitrogens with one attached hydrogen (secondary N) is 1. The fourth-order valence-electron chi connectivity index (χ4n) is 1.73. The number of amides is 1. The lowest BCUT2D eigenvalue weighted by Gasteiger charge is -2.10. The summed E-state index contributed by atoms with van der Waals surface area (Å²) in [4.78, 5) is 21.9. The van der Waals surface area contributed by atoms with Crippen molar-refractivity contribution in [3.8, 4) is 5.75 Å². The van der Waals surface area contributed by atoms with Gasteiger partial charge in [-0.15, -0.1) is 0 Å². The molecule has 0 heterocycles. The molecule has 0 unspecified atom stereocenters. The summed E-state index contributed by atoms with van der Waals surface area (Å²) in [5.41, 5.74) is 0.805. The van der Waals surface area contributed by atoms with E-state index in [-0.39, 0.29) is 12.3 Å². The first-order valence-corrected chi connectivity index (χ1v) is 6.71. The molecule has 0 aliphatic carbocycles. The predicted molar refractivity (Wildman–Crippen MR) is 76.0 cm³/mol. The highest BCUT2D eigenvalue weighted by molar-refractivity contribution is 6.30. The quantitative estimate of drug-likeness (QED) is 0.724. The fourth-order valence-corrected chi connectivity index (χ4v) is 1.92. The first kappa shape index (κ1) is 16.3. The highest BCUT2D eigenvalue weighted by atomic mass is 35.5. The number of benzene rings is 1. The smallest absolute Gasteiger partial charge is 0.303 e. The second kappa shape index (κ2) is 8.43. The molecule has 0 aliphatic rings. The Kier molecular flexibility index (Phi) is 6.87. The summed E-state index contributed by atoms with van der Waals surface area (Å²) >= 11 is 5.90. The molecule has 0 saturated carbocycles. The molecule has 0 bridgehead atoms. The molecule has 1 aromatic rings. The van der Waals surface area contributed by atoms with Gasteiger partial charge in [-0.2, -0.15) is 0 Å². The molecule has 5 nitrogen and oxygen atoms in total. The van der Waals surface area contributed by atoms with E-state index in [0.29, 0.717) is 36.6 Å². The molecule has 0 aliphatic heterocycles. The number of aliphatic carboxylic acids is 1. The second-order valence-electron chi connectivity index (χ2n) is 4.33. The average molecular weight is 300 g/mol. The minimum atomic E-state index is -0.839. The van der Waals surface area contributed by atoms with Gasteiger partial charge in [-0.25, -0.2) is 0 Å². The van der Waals surface area contributed by atoms with Crippen molar-refractivity contribution in [3.63, 3.8) is 0 Å². The van der Waals surface area contributed by atoms with Crippen LogP contribution in [0.25, 0.3) is 0 Å². The van der Waals surface area contributed by atoms with Crippen molar-refractivity contribution in [1.82, 2.24) is 5.32 Å². The van der Waals surface area contributed by atoms with E-state index in [0.717, 1.165) is 5.56 Å². The molecule has 110 valence electrons. The number of hydrogen-bond acceptors (Lipinski definition) is 3. The maximum Gasteiger partial charge on any atom is 0.303 e. The number of rotatable bonds is 8. The maximum atomic E-state index is 11.6. The molecule has 1 rings (SSSR count). The van der Waals surface area contributed by atoms with Gasteiger partial charge in [-0.1, -0.05) is 11.6 Å². The number of carboxylic acid groups (broad SMARTS) is 1. The summed E-state index contributed by atoms with van der Waals surface area (Å²) in [6.07, 6.45) is 1.47. The maximum absolute atomic E-state index is 11.6. The van der Waals surface area contributed by atoms with Crippen LogP contribution in [0.5, 0.6) is 5.75 Å². The number of ether oxygens (including phenoxy) is 1. The Morgan fingerprint density at radius 3 is 2.65 bits per heavy atom. The minimum Gasteiger partial charge on any atom is -0.496 e. The van der Waals surface area contributed by atoms with Gasteiger partial charge in [0.05, 0.1) is 7.11 Å². The fraction of sp³-hybridized carbons (Fsp3) is 0.429. The van der Waals surface area contributed by atoms with Crippen LogP contribution in [0.2, 0.25) is 5.02 Å². The third-order valence-corrected chi connectivity index (χ3v) is 3.00. The second-order valence-corrected chi connectivity index (χ2v) is 4.77. The highest BCUT2D eigenvalue weighted by Crippen LogP contribution is 2.22. The van der Waals surface area contributed by atoms with E-state index in [4.69, 9.17) is 21.4 Å². The van der Waals surface area contributed by atoms with E-state index in [1.807, 2.05) is 0 Å². The van der Waals surface area contributed by atoms with E-state index in [9.17, 15) is 9.59 Å². The van der Waals surface area contributed by atoms with Crippen molar-refractivity contribution >= 4 is 23.5 Å². The Bertz CT molecular complexity index is 476. The van der Waals surface area contributed by atoms with E-state index < -0.39 is 5.97 Å². The first-order chi connectivity index (χ1) is 9.52. The van der Waals surface area contributed by atoms with Gasteiger partial charge in [0.2, 0.25) is 5.91 Å². The number of unbranched alkanes of at least 4 members (excludes halogenated alkanes) is 1. The van der Waals surface area contributed by atoms with Crippen LogP contribution in [-0.4, -0.2) is 24.1 Å². The highest BCUT2D eigenvalue weighted by Gasteiger charge is 2.07. The third kappa shape index (κ3) is 5.93. The van der Waals surface area contributed by atoms with Crippen LogP contribution in [0.15, 0.2) is 18.2 Å². The molecule has 0 aromatic heterocycles. The number of carboxylic acids is 1. The molecular weight excluding hydrogens is 282 g/mol. The Labute approximate surface area is 122 Å². The van der Waals surface area contributed by atoms with Crippen LogP contribution in [0.3, 0.4) is 0 Å². The zero-order chi connectivity index (χ0) is 15.0. The van der Waals surface area contributed by atoms with Crippen molar-refractivity contribution < 1.29 is 19.4 Å². The normalized spacial score (nSPS) is 10.1. The van der Waals surface area contributed by atoms with Crippen LogP contribution in [0, 0.1) is 0 Å². The lowest BCUT2D eigenvalue weighted by molar-refractivity contribution is -0.137. The van der Waals surface area contributed by atoms with Crippen LogP contribution in [-0.2, 0) is 16.1 Å². The minimum absolute atomic E-state index is 0.0927. The lowest BCUT2D eigenvalue weighted by atomic mass is 10.1. The van der Waals surface area contributed by atoms with E-state index in [1.165, 1.54) is 0 Å². The van der Waals surface area contributed by atoms with Crippen molar-refractivity contribution in [2.45, 2.75) is 32.2 Å². The first-order valence-electron chi connectivity index (χ1n) is 6.34. The van der Waals surface area contributed by atoms with Crippen molar-refractivity contribution in [2.24, 2.45) is 0 Å². The molecule has 0 spiro atoms. The lowest BCUT2D eigenvalue weighted by Crippen LogP contribution is -2.22. The molecule has 2 N–H and O–H groups in total. The largest absolute Gasteiger partial charge is 0.496 e. The Morgan fingerprint density at radius 1 is 1.30 bits per heavy atom. The van der Waals surface area contributed by atoms with Gasteiger partial charge in [0.25, 0.3) is 0 Å². The molecule has 1 aromatic carbocycles. The standard InChI is InChI=1S/C14H18ClNO4/c1-20-12-7-6-11(15)8-10(12)9-16-13(17)4-2-3-5-14(18)19/h6-8H,2-5,9H2,1H3,(H,16,17)(H,18,19). The molecule has 0 radical (unpaired) electrons. The molecule has 20 heavy (non-hydrogen) atoms. The Balaban J connectivity index is 2.37. The third-order valence-electron chi connectivity index (χ3n) is 2.76. The summed E-state index contributed by atoms with van der Waals surface area (Å²) in [5, 5.41) is 11.8. The van der Waals surface area contributed by atoms with E-state index >= 15 is 0 Å². The Morgan fingerprint density at radius 2 is 2.00 bits per heavy atom. The molecule has 6 heteroatoms. The van der Waals surface area contributed by atoms with Gasteiger partial charge in [0.1, 0.15) is 5.75 Å². The monoisotopic (exact) mass is 299 g/mol. The van der Waals surface area contributed by atoms with Gasteiger partial charge < -0.3 is 15.2 Å². The number of methoxy groups -OCH3 is 1. The average Bonchev–Trinajstić information content (AvgIpc) is 2.41. The predicted octanol–water partition coefficient (Wildman–Crippen LogP) is 2.61. The van der Waals surface area contributed by atoms with Gasteiger partial charge in [0, 0.05) is 30.0 Å². The number of halogens is 1. The van der Waals surface area contributed by atoms with Crippen LogP contribution >= 0.6 is 11.6 Å². The number of carbonyl (C=O) groups is 2. The SMILES string of the molecule is COc1ccc(Cl)cc1CNC(=O)CCCCC(=O)O. The summed E-state index contributed by atoms with van der Waals surface area (Å²) < 4.78 is 5.18.